The molecule has 0 atom stereocenters. The van der Waals surface area contributed by atoms with Crippen LogP contribution >= 0.6 is 23.2 Å². The summed E-state index contributed by atoms with van der Waals surface area (Å²) in [7, 11) is 0. The monoisotopic (exact) mass is 336 g/mol. The highest BCUT2D eigenvalue weighted by atomic mass is 35.5. The number of benzene rings is 1. The van der Waals surface area contributed by atoms with Crippen LogP contribution in [0.3, 0.4) is 0 Å². The third kappa shape index (κ3) is 5.20. The first-order valence-corrected chi connectivity index (χ1v) is 7.80. The summed E-state index contributed by atoms with van der Waals surface area (Å²) in [5, 5.41) is 7.69. The van der Waals surface area contributed by atoms with E-state index in [1.54, 1.807) is 12.3 Å². The van der Waals surface area contributed by atoms with Gasteiger partial charge >= 0.3 is 0 Å². The molecular weight excluding hydrogens is 319 g/mol. The number of nitrogens with one attached hydrogen (secondary N) is 2. The van der Waals surface area contributed by atoms with E-state index >= 15 is 0 Å². The van der Waals surface area contributed by atoms with Crippen molar-refractivity contribution in [1.82, 2.24) is 15.6 Å². The first-order chi connectivity index (χ1) is 10.7. The highest BCUT2D eigenvalue weighted by Gasteiger charge is 2.02. The molecule has 0 radical (unpaired) electrons. The molecule has 2 N–H and O–H groups in total. The van der Waals surface area contributed by atoms with Gasteiger partial charge in [-0.25, -0.2) is 4.99 Å². The maximum Gasteiger partial charge on any atom is 0.191 e. The summed E-state index contributed by atoms with van der Waals surface area (Å²) < 4.78 is 0. The van der Waals surface area contributed by atoms with Crippen LogP contribution in [0.15, 0.2) is 47.6 Å². The van der Waals surface area contributed by atoms with Crippen LogP contribution in [0.5, 0.6) is 0 Å². The van der Waals surface area contributed by atoms with Gasteiger partial charge in [-0.1, -0.05) is 35.3 Å². The molecule has 0 spiro atoms. The summed E-state index contributed by atoms with van der Waals surface area (Å²) in [5.41, 5.74) is 1.89. The molecule has 6 heteroatoms. The van der Waals surface area contributed by atoms with Crippen LogP contribution in [-0.4, -0.2) is 17.5 Å². The summed E-state index contributed by atoms with van der Waals surface area (Å²) in [6.07, 6.45) is 1.77. The summed E-state index contributed by atoms with van der Waals surface area (Å²) in [6.45, 7) is 3.89. The van der Waals surface area contributed by atoms with Gasteiger partial charge in [-0.15, -0.1) is 0 Å². The average Bonchev–Trinajstić information content (AvgIpc) is 2.52. The molecule has 2 rings (SSSR count). The van der Waals surface area contributed by atoms with Crippen LogP contribution in [0.4, 0.5) is 0 Å². The molecule has 2 aromatic rings. The van der Waals surface area contributed by atoms with Crippen molar-refractivity contribution in [2.75, 3.05) is 6.54 Å². The van der Waals surface area contributed by atoms with Crippen molar-refractivity contribution in [1.29, 1.82) is 0 Å². The van der Waals surface area contributed by atoms with Crippen molar-refractivity contribution < 1.29 is 0 Å². The average molecular weight is 337 g/mol. The highest BCUT2D eigenvalue weighted by Crippen LogP contribution is 2.21. The fraction of sp³-hybridized carbons (Fsp3) is 0.250. The summed E-state index contributed by atoms with van der Waals surface area (Å²) in [6, 6.07) is 11.2. The number of aliphatic imine (C=N–C) groups is 1. The number of guanidine groups is 1. The van der Waals surface area contributed by atoms with Gasteiger partial charge in [-0.05, 0) is 36.8 Å². The lowest BCUT2D eigenvalue weighted by Gasteiger charge is -2.11. The Bertz CT molecular complexity index is 629. The zero-order chi connectivity index (χ0) is 15.8. The minimum atomic E-state index is 0.480. The van der Waals surface area contributed by atoms with Crippen LogP contribution in [0.1, 0.15) is 18.2 Å². The van der Waals surface area contributed by atoms with E-state index in [0.717, 1.165) is 23.8 Å². The van der Waals surface area contributed by atoms with Crippen LogP contribution < -0.4 is 10.6 Å². The molecule has 1 aromatic heterocycles. The van der Waals surface area contributed by atoms with E-state index in [2.05, 4.69) is 20.6 Å². The first kappa shape index (κ1) is 16.6. The zero-order valence-corrected chi connectivity index (χ0v) is 13.8. The Labute approximate surface area is 140 Å². The quantitative estimate of drug-likeness (QED) is 0.647. The SMILES string of the molecule is CCNC(=NCc1ccc(Cl)cc1Cl)NCc1ccccn1. The molecule has 1 heterocycles. The molecule has 0 aliphatic carbocycles. The fourth-order valence-electron chi connectivity index (χ4n) is 1.83. The van der Waals surface area contributed by atoms with E-state index in [4.69, 9.17) is 23.2 Å². The topological polar surface area (TPSA) is 49.3 Å². The van der Waals surface area contributed by atoms with Gasteiger partial charge in [0.25, 0.3) is 0 Å². The van der Waals surface area contributed by atoms with Gasteiger partial charge in [-0.3, -0.25) is 4.98 Å². The van der Waals surface area contributed by atoms with Crippen LogP contribution in [0.2, 0.25) is 10.0 Å². The number of aromatic nitrogens is 1. The maximum absolute atomic E-state index is 6.16. The minimum Gasteiger partial charge on any atom is -0.357 e. The van der Waals surface area contributed by atoms with Gasteiger partial charge in [-0.2, -0.15) is 0 Å². The second-order valence-corrected chi connectivity index (χ2v) is 5.45. The first-order valence-electron chi connectivity index (χ1n) is 7.05. The number of halogens is 2. The predicted octanol–water partition coefficient (Wildman–Crippen LogP) is 3.64. The Hall–Kier alpha value is -1.78. The molecule has 4 nitrogen and oxygen atoms in total. The molecule has 116 valence electrons. The molecule has 1 aromatic carbocycles. The van der Waals surface area contributed by atoms with Gasteiger partial charge in [0, 0.05) is 22.8 Å². The molecule has 0 fully saturated rings. The standard InChI is InChI=1S/C16H18Cl2N4/c1-2-19-16(22-11-14-5-3-4-8-20-14)21-10-12-6-7-13(17)9-15(12)18/h3-9H,2,10-11H2,1H3,(H2,19,21,22). The van der Waals surface area contributed by atoms with Gasteiger partial charge in [0.15, 0.2) is 5.96 Å². The maximum atomic E-state index is 6.16. The third-order valence-electron chi connectivity index (χ3n) is 2.93. The summed E-state index contributed by atoms with van der Waals surface area (Å²) in [4.78, 5) is 8.80. The highest BCUT2D eigenvalue weighted by molar-refractivity contribution is 6.35. The second kappa shape index (κ2) is 8.61. The summed E-state index contributed by atoms with van der Waals surface area (Å²) >= 11 is 12.1. The Morgan fingerprint density at radius 1 is 1.18 bits per heavy atom. The molecule has 0 saturated carbocycles. The molecule has 22 heavy (non-hydrogen) atoms. The Morgan fingerprint density at radius 2 is 2.05 bits per heavy atom. The normalized spacial score (nSPS) is 11.3. The molecule has 0 unspecified atom stereocenters. The van der Waals surface area contributed by atoms with Crippen molar-refractivity contribution in [2.45, 2.75) is 20.0 Å². The fourth-order valence-corrected chi connectivity index (χ4v) is 2.30. The van der Waals surface area contributed by atoms with Crippen molar-refractivity contribution in [2.24, 2.45) is 4.99 Å². The van der Waals surface area contributed by atoms with Crippen molar-refractivity contribution in [3.8, 4) is 0 Å². The van der Waals surface area contributed by atoms with Crippen LogP contribution in [0.25, 0.3) is 0 Å². The largest absolute Gasteiger partial charge is 0.357 e. The molecule has 0 amide bonds. The van der Waals surface area contributed by atoms with E-state index in [1.807, 2.05) is 37.3 Å². The van der Waals surface area contributed by atoms with Gasteiger partial charge in [0.05, 0.1) is 18.8 Å². The number of nitrogens with zero attached hydrogens (tertiary/aromatic N) is 2. The predicted molar refractivity (Wildman–Crippen MR) is 92.4 cm³/mol. The van der Waals surface area contributed by atoms with E-state index < -0.39 is 0 Å². The Kier molecular flexibility index (Phi) is 6.49. The van der Waals surface area contributed by atoms with Gasteiger partial charge in [0.1, 0.15) is 0 Å². The number of hydrogen-bond donors (Lipinski definition) is 2. The number of rotatable bonds is 5. The van der Waals surface area contributed by atoms with Crippen LogP contribution in [0, 0.1) is 0 Å². The third-order valence-corrected chi connectivity index (χ3v) is 3.52. The zero-order valence-electron chi connectivity index (χ0n) is 12.3. The number of pyridine rings is 1. The molecular formula is C16H18Cl2N4. The minimum absolute atomic E-state index is 0.480. The van der Waals surface area contributed by atoms with Gasteiger partial charge < -0.3 is 10.6 Å². The summed E-state index contributed by atoms with van der Waals surface area (Å²) in [5.74, 6) is 0.721. The molecule has 0 aliphatic rings. The number of hydrogen-bond acceptors (Lipinski definition) is 2. The Morgan fingerprint density at radius 3 is 2.73 bits per heavy atom. The molecule has 0 aliphatic heterocycles. The van der Waals surface area contributed by atoms with E-state index in [1.165, 1.54) is 0 Å². The van der Waals surface area contributed by atoms with E-state index in [9.17, 15) is 0 Å². The van der Waals surface area contributed by atoms with Crippen LogP contribution in [-0.2, 0) is 13.1 Å². The lowest BCUT2D eigenvalue weighted by atomic mass is 10.2. The lowest BCUT2D eigenvalue weighted by Crippen LogP contribution is -2.37. The van der Waals surface area contributed by atoms with Crippen molar-refractivity contribution in [3.63, 3.8) is 0 Å². The Balaban J connectivity index is 2.00. The smallest absolute Gasteiger partial charge is 0.191 e. The van der Waals surface area contributed by atoms with E-state index in [-0.39, 0.29) is 0 Å². The van der Waals surface area contributed by atoms with Crippen molar-refractivity contribution in [3.05, 3.63) is 63.9 Å². The molecule has 0 bridgehead atoms. The van der Waals surface area contributed by atoms with Gasteiger partial charge in [0.2, 0.25) is 0 Å². The lowest BCUT2D eigenvalue weighted by molar-refractivity contribution is 0.799. The second-order valence-electron chi connectivity index (χ2n) is 4.61. The van der Waals surface area contributed by atoms with E-state index in [0.29, 0.717) is 23.1 Å². The van der Waals surface area contributed by atoms with Crippen molar-refractivity contribution >= 4 is 29.2 Å². The molecule has 0 saturated heterocycles.